The van der Waals surface area contributed by atoms with Gasteiger partial charge in [-0.05, 0) is 18.2 Å². The Labute approximate surface area is 122 Å². The number of rotatable bonds is 3. The zero-order chi connectivity index (χ0) is 14.0. The zero-order valence-corrected chi connectivity index (χ0v) is 12.3. The van der Waals surface area contributed by atoms with Crippen molar-refractivity contribution < 1.29 is 12.8 Å². The lowest BCUT2D eigenvalue weighted by Gasteiger charge is -2.08. The summed E-state index contributed by atoms with van der Waals surface area (Å²) in [6, 6.07) is 4.84. The van der Waals surface area contributed by atoms with Crippen molar-refractivity contribution in [1.29, 1.82) is 0 Å². The molecule has 0 unspecified atom stereocenters. The van der Waals surface area contributed by atoms with Gasteiger partial charge in [0.15, 0.2) is 0 Å². The van der Waals surface area contributed by atoms with Gasteiger partial charge in [-0.1, -0.05) is 27.5 Å². The van der Waals surface area contributed by atoms with Crippen molar-refractivity contribution in [2.75, 3.05) is 4.72 Å². The first-order valence-electron chi connectivity index (χ1n) is 4.84. The van der Waals surface area contributed by atoms with Crippen molar-refractivity contribution in [3.63, 3.8) is 0 Å². The standard InChI is InChI=1S/C10H6BrClFN3O2S/c11-6-1-2-8(7(13)3-6)19(17,18)16-10-4-9(12)14-5-15-10/h1-5H,(H,14,15,16). The first-order chi connectivity index (χ1) is 8.88. The average Bonchev–Trinajstić information content (AvgIpc) is 2.27. The molecule has 0 atom stereocenters. The molecular weight excluding hydrogens is 361 g/mol. The SMILES string of the molecule is O=S(=O)(Nc1cc(Cl)ncn1)c1ccc(Br)cc1F. The highest BCUT2D eigenvalue weighted by molar-refractivity contribution is 9.10. The Morgan fingerprint density at radius 3 is 2.63 bits per heavy atom. The molecule has 1 heterocycles. The highest BCUT2D eigenvalue weighted by Gasteiger charge is 2.19. The molecule has 0 amide bonds. The van der Waals surface area contributed by atoms with Crippen LogP contribution in [0.2, 0.25) is 5.15 Å². The second kappa shape index (κ2) is 5.40. The number of nitrogens with one attached hydrogen (secondary N) is 1. The molecule has 19 heavy (non-hydrogen) atoms. The van der Waals surface area contributed by atoms with Crippen LogP contribution in [0.15, 0.2) is 40.0 Å². The summed E-state index contributed by atoms with van der Waals surface area (Å²) in [6.07, 6.45) is 1.10. The highest BCUT2D eigenvalue weighted by Crippen LogP contribution is 2.21. The monoisotopic (exact) mass is 365 g/mol. The molecule has 5 nitrogen and oxygen atoms in total. The van der Waals surface area contributed by atoms with Gasteiger partial charge in [0, 0.05) is 10.5 Å². The van der Waals surface area contributed by atoms with Crippen LogP contribution >= 0.6 is 27.5 Å². The van der Waals surface area contributed by atoms with Crippen LogP contribution in [0.5, 0.6) is 0 Å². The smallest absolute Gasteiger partial charge is 0.263 e. The van der Waals surface area contributed by atoms with Crippen LogP contribution in [0.25, 0.3) is 0 Å². The fraction of sp³-hybridized carbons (Fsp3) is 0. The maximum absolute atomic E-state index is 13.6. The Kier molecular flexibility index (Phi) is 4.02. The Hall–Kier alpha value is -1.25. The molecule has 0 radical (unpaired) electrons. The Morgan fingerprint density at radius 1 is 1.26 bits per heavy atom. The van der Waals surface area contributed by atoms with Gasteiger partial charge in [-0.3, -0.25) is 4.72 Å². The summed E-state index contributed by atoms with van der Waals surface area (Å²) in [5.41, 5.74) is 0. The molecule has 9 heteroatoms. The minimum absolute atomic E-state index is 0.0395. The van der Waals surface area contributed by atoms with E-state index in [-0.39, 0.29) is 11.0 Å². The van der Waals surface area contributed by atoms with Gasteiger partial charge in [-0.25, -0.2) is 22.8 Å². The summed E-state index contributed by atoms with van der Waals surface area (Å²) in [5, 5.41) is 0.0731. The van der Waals surface area contributed by atoms with Crippen molar-refractivity contribution in [2.45, 2.75) is 4.90 Å². The second-order valence-electron chi connectivity index (χ2n) is 3.41. The number of nitrogens with zero attached hydrogens (tertiary/aromatic N) is 2. The van der Waals surface area contributed by atoms with Crippen LogP contribution in [0, 0.1) is 5.82 Å². The van der Waals surface area contributed by atoms with Gasteiger partial charge in [-0.2, -0.15) is 0 Å². The summed E-state index contributed by atoms with van der Waals surface area (Å²) < 4.78 is 40.1. The predicted octanol–water partition coefficient (Wildman–Crippen LogP) is 2.83. The highest BCUT2D eigenvalue weighted by atomic mass is 79.9. The maximum atomic E-state index is 13.6. The van der Waals surface area contributed by atoms with Gasteiger partial charge in [0.25, 0.3) is 10.0 Å². The molecule has 0 bridgehead atoms. The van der Waals surface area contributed by atoms with Gasteiger partial charge < -0.3 is 0 Å². The number of anilines is 1. The van der Waals surface area contributed by atoms with Gasteiger partial charge in [0.2, 0.25) is 0 Å². The van der Waals surface area contributed by atoms with E-state index in [2.05, 4.69) is 30.6 Å². The van der Waals surface area contributed by atoms with E-state index in [0.29, 0.717) is 4.47 Å². The summed E-state index contributed by atoms with van der Waals surface area (Å²) in [5.74, 6) is -0.913. The number of benzene rings is 1. The molecule has 2 rings (SSSR count). The Bertz CT molecular complexity index is 726. The number of halogens is 3. The van der Waals surface area contributed by atoms with Crippen molar-refractivity contribution in [3.8, 4) is 0 Å². The van der Waals surface area contributed by atoms with Gasteiger partial charge >= 0.3 is 0 Å². The molecule has 100 valence electrons. The van der Waals surface area contributed by atoms with Gasteiger partial charge in [-0.15, -0.1) is 0 Å². The molecule has 0 spiro atoms. The van der Waals surface area contributed by atoms with Crippen LogP contribution in [0.3, 0.4) is 0 Å². The predicted molar refractivity (Wildman–Crippen MR) is 72.0 cm³/mol. The zero-order valence-electron chi connectivity index (χ0n) is 9.14. The summed E-state index contributed by atoms with van der Waals surface area (Å²) in [4.78, 5) is 6.81. The molecule has 0 fully saturated rings. The molecule has 1 aromatic heterocycles. The van der Waals surface area contributed by atoms with E-state index in [4.69, 9.17) is 11.6 Å². The lowest BCUT2D eigenvalue weighted by Crippen LogP contribution is -2.15. The first kappa shape index (κ1) is 14.2. The van der Waals surface area contributed by atoms with Crippen molar-refractivity contribution in [3.05, 3.63) is 46.0 Å². The fourth-order valence-corrected chi connectivity index (χ4v) is 2.82. The van der Waals surface area contributed by atoms with Crippen LogP contribution in [0.1, 0.15) is 0 Å². The number of hydrogen-bond donors (Lipinski definition) is 1. The minimum atomic E-state index is -4.07. The first-order valence-corrected chi connectivity index (χ1v) is 7.49. The Balaban J connectivity index is 2.38. The minimum Gasteiger partial charge on any atom is -0.263 e. The lowest BCUT2D eigenvalue weighted by molar-refractivity contribution is 0.569. The van der Waals surface area contributed by atoms with Crippen LogP contribution in [-0.2, 0) is 10.0 Å². The summed E-state index contributed by atoms with van der Waals surface area (Å²) in [6.45, 7) is 0. The van der Waals surface area contributed by atoms with Crippen LogP contribution < -0.4 is 4.72 Å². The van der Waals surface area contributed by atoms with E-state index < -0.39 is 20.7 Å². The fourth-order valence-electron chi connectivity index (χ4n) is 1.28. The van der Waals surface area contributed by atoms with E-state index in [1.165, 1.54) is 12.1 Å². The molecule has 1 N–H and O–H groups in total. The molecule has 0 aliphatic rings. The molecule has 0 saturated heterocycles. The summed E-state index contributed by atoms with van der Waals surface area (Å²) >= 11 is 8.65. The van der Waals surface area contributed by atoms with E-state index in [0.717, 1.165) is 18.5 Å². The van der Waals surface area contributed by atoms with Crippen LogP contribution in [0.4, 0.5) is 10.2 Å². The number of hydrogen-bond acceptors (Lipinski definition) is 4. The van der Waals surface area contributed by atoms with Crippen LogP contribution in [-0.4, -0.2) is 18.4 Å². The summed E-state index contributed by atoms with van der Waals surface area (Å²) in [7, 11) is -4.07. The molecular formula is C10H6BrClFN3O2S. The number of sulfonamides is 1. The quantitative estimate of drug-likeness (QED) is 0.848. The number of aromatic nitrogens is 2. The molecule has 1 aromatic carbocycles. The Morgan fingerprint density at radius 2 is 2.00 bits per heavy atom. The van der Waals surface area contributed by atoms with E-state index in [9.17, 15) is 12.8 Å². The van der Waals surface area contributed by atoms with Crippen molar-refractivity contribution in [1.82, 2.24) is 9.97 Å². The van der Waals surface area contributed by atoms with Gasteiger partial charge in [0.05, 0.1) is 0 Å². The van der Waals surface area contributed by atoms with E-state index in [1.807, 2.05) is 0 Å². The molecule has 0 aliphatic heterocycles. The second-order valence-corrected chi connectivity index (χ2v) is 6.36. The van der Waals surface area contributed by atoms with E-state index in [1.54, 1.807) is 0 Å². The lowest BCUT2D eigenvalue weighted by atomic mass is 10.3. The largest absolute Gasteiger partial charge is 0.265 e. The van der Waals surface area contributed by atoms with Crippen molar-refractivity contribution >= 4 is 43.4 Å². The molecule has 0 aliphatic carbocycles. The maximum Gasteiger partial charge on any atom is 0.265 e. The topological polar surface area (TPSA) is 72.0 Å². The van der Waals surface area contributed by atoms with E-state index >= 15 is 0 Å². The average molecular weight is 367 g/mol. The third-order valence-corrected chi connectivity index (χ3v) is 4.14. The van der Waals surface area contributed by atoms with Gasteiger partial charge in [0.1, 0.15) is 28.0 Å². The third kappa shape index (κ3) is 3.40. The van der Waals surface area contributed by atoms with Crippen molar-refractivity contribution in [2.24, 2.45) is 0 Å². The normalized spacial score (nSPS) is 11.3. The third-order valence-electron chi connectivity index (χ3n) is 2.06. The molecule has 0 saturated carbocycles. The molecule has 2 aromatic rings.